The number of hydrogen-bond acceptors (Lipinski definition) is 4. The molecular formula is C21H32IN3O3. The van der Waals surface area contributed by atoms with Gasteiger partial charge in [0.05, 0.1) is 20.3 Å². The standard InChI is InChI=1S/C21H31N3O3.HI/c1-4-22-20(23-14-7-8-16(25-2)17(13-14)26-3)24-18-15-9-12-27-19(15)21(18)10-5-6-11-21;/h7-8,13,15,18-19H,4-6,9-12H2,1-3H3,(H2,22,23,24);1H. The number of anilines is 1. The zero-order chi connectivity index (χ0) is 18.9. The second kappa shape index (κ2) is 9.07. The van der Waals surface area contributed by atoms with Crippen molar-refractivity contribution >= 4 is 35.6 Å². The molecule has 0 radical (unpaired) electrons. The molecule has 0 bridgehead atoms. The van der Waals surface area contributed by atoms with Crippen molar-refractivity contribution in [1.82, 2.24) is 5.32 Å². The summed E-state index contributed by atoms with van der Waals surface area (Å²) in [6, 6.07) is 6.29. The molecule has 3 unspecified atom stereocenters. The van der Waals surface area contributed by atoms with Crippen molar-refractivity contribution in [3.63, 3.8) is 0 Å². The molecule has 0 amide bonds. The number of hydrogen-bond donors (Lipinski definition) is 2. The number of rotatable bonds is 5. The number of aliphatic imine (C=N–C) groups is 1. The van der Waals surface area contributed by atoms with E-state index in [9.17, 15) is 0 Å². The highest BCUT2D eigenvalue weighted by molar-refractivity contribution is 14.0. The van der Waals surface area contributed by atoms with Gasteiger partial charge in [0.1, 0.15) is 0 Å². The van der Waals surface area contributed by atoms with Crippen LogP contribution in [0.4, 0.5) is 5.69 Å². The van der Waals surface area contributed by atoms with Gasteiger partial charge in [-0.15, -0.1) is 24.0 Å². The first-order valence-corrected chi connectivity index (χ1v) is 10.1. The number of halogens is 1. The lowest BCUT2D eigenvalue weighted by Gasteiger charge is -2.57. The first-order chi connectivity index (χ1) is 13.2. The van der Waals surface area contributed by atoms with E-state index in [2.05, 4.69) is 22.5 Å². The van der Waals surface area contributed by atoms with Gasteiger partial charge >= 0.3 is 0 Å². The molecule has 6 nitrogen and oxygen atoms in total. The van der Waals surface area contributed by atoms with Crippen LogP contribution in [0.15, 0.2) is 23.2 Å². The molecule has 3 atom stereocenters. The third kappa shape index (κ3) is 3.67. The minimum absolute atomic E-state index is 0. The van der Waals surface area contributed by atoms with Crippen LogP contribution in [0.3, 0.4) is 0 Å². The third-order valence-electron chi connectivity index (χ3n) is 6.54. The summed E-state index contributed by atoms with van der Waals surface area (Å²) < 4.78 is 16.9. The molecule has 3 aliphatic rings. The van der Waals surface area contributed by atoms with Crippen molar-refractivity contribution in [3.05, 3.63) is 18.2 Å². The van der Waals surface area contributed by atoms with E-state index >= 15 is 0 Å². The Morgan fingerprint density at radius 2 is 1.96 bits per heavy atom. The second-order valence-corrected chi connectivity index (χ2v) is 7.82. The Balaban J connectivity index is 0.00000225. The smallest absolute Gasteiger partial charge is 0.196 e. The maximum Gasteiger partial charge on any atom is 0.196 e. The summed E-state index contributed by atoms with van der Waals surface area (Å²) in [7, 11) is 3.30. The van der Waals surface area contributed by atoms with Gasteiger partial charge in [-0.1, -0.05) is 12.8 Å². The van der Waals surface area contributed by atoms with Crippen molar-refractivity contribution in [3.8, 4) is 11.5 Å². The molecule has 0 aromatic heterocycles. The molecular weight excluding hydrogens is 469 g/mol. The van der Waals surface area contributed by atoms with Gasteiger partial charge in [0.25, 0.3) is 0 Å². The van der Waals surface area contributed by atoms with E-state index in [-0.39, 0.29) is 24.0 Å². The van der Waals surface area contributed by atoms with Crippen LogP contribution >= 0.6 is 24.0 Å². The third-order valence-corrected chi connectivity index (χ3v) is 6.54. The number of fused-ring (bicyclic) bond motifs is 2. The van der Waals surface area contributed by atoms with Crippen molar-refractivity contribution in [2.24, 2.45) is 16.3 Å². The van der Waals surface area contributed by atoms with Gasteiger partial charge in [0.15, 0.2) is 17.5 Å². The van der Waals surface area contributed by atoms with Gasteiger partial charge in [0.2, 0.25) is 0 Å². The van der Waals surface area contributed by atoms with E-state index in [1.165, 1.54) is 25.7 Å². The number of nitrogens with one attached hydrogen (secondary N) is 2. The van der Waals surface area contributed by atoms with Gasteiger partial charge in [-0.3, -0.25) is 4.99 Å². The van der Waals surface area contributed by atoms with Crippen molar-refractivity contribution in [1.29, 1.82) is 0 Å². The minimum atomic E-state index is 0. The summed E-state index contributed by atoms with van der Waals surface area (Å²) in [5.74, 6) is 2.88. The van der Waals surface area contributed by atoms with Crippen LogP contribution in [0.5, 0.6) is 11.5 Å². The molecule has 1 spiro atoms. The van der Waals surface area contributed by atoms with E-state index in [0.717, 1.165) is 37.0 Å². The number of ether oxygens (including phenoxy) is 3. The molecule has 2 N–H and O–H groups in total. The average molecular weight is 501 g/mol. The minimum Gasteiger partial charge on any atom is -0.493 e. The number of methoxy groups -OCH3 is 2. The van der Waals surface area contributed by atoms with E-state index < -0.39 is 0 Å². The highest BCUT2D eigenvalue weighted by Crippen LogP contribution is 2.60. The van der Waals surface area contributed by atoms with Crippen LogP contribution in [-0.4, -0.2) is 45.5 Å². The van der Waals surface area contributed by atoms with E-state index in [0.29, 0.717) is 29.2 Å². The normalized spacial score (nSPS) is 27.5. The molecule has 1 aromatic rings. The maximum absolute atomic E-state index is 6.10. The first-order valence-electron chi connectivity index (χ1n) is 10.1. The van der Waals surface area contributed by atoms with Gasteiger partial charge in [-0.2, -0.15) is 0 Å². The molecule has 1 saturated heterocycles. The Hall–Kier alpha value is -1.22. The summed E-state index contributed by atoms with van der Waals surface area (Å²) in [5, 5.41) is 7.21. The topological polar surface area (TPSA) is 64.1 Å². The summed E-state index contributed by atoms with van der Waals surface area (Å²) in [6.07, 6.45) is 6.76. The quantitative estimate of drug-likeness (QED) is 0.362. The Morgan fingerprint density at radius 1 is 1.21 bits per heavy atom. The highest BCUT2D eigenvalue weighted by atomic mass is 127. The molecule has 3 fully saturated rings. The summed E-state index contributed by atoms with van der Waals surface area (Å²) in [5.41, 5.74) is 1.24. The Kier molecular flexibility index (Phi) is 6.96. The van der Waals surface area contributed by atoms with Gasteiger partial charge in [-0.25, -0.2) is 0 Å². The van der Waals surface area contributed by atoms with Crippen LogP contribution in [0.2, 0.25) is 0 Å². The predicted octanol–water partition coefficient (Wildman–Crippen LogP) is 4.05. The van der Waals surface area contributed by atoms with Gasteiger partial charge in [0, 0.05) is 42.3 Å². The molecule has 1 heterocycles. The van der Waals surface area contributed by atoms with E-state index in [1.807, 2.05) is 18.2 Å². The molecule has 156 valence electrons. The average Bonchev–Trinajstić information content (AvgIpc) is 3.35. The summed E-state index contributed by atoms with van der Waals surface area (Å²) in [4.78, 5) is 4.69. The van der Waals surface area contributed by atoms with Crippen LogP contribution in [0.25, 0.3) is 0 Å². The van der Waals surface area contributed by atoms with Gasteiger partial charge in [-0.05, 0) is 38.3 Å². The fourth-order valence-electron chi connectivity index (χ4n) is 5.38. The largest absolute Gasteiger partial charge is 0.493 e. The summed E-state index contributed by atoms with van der Waals surface area (Å²) >= 11 is 0. The first kappa shape index (κ1) is 21.5. The predicted molar refractivity (Wildman–Crippen MR) is 122 cm³/mol. The van der Waals surface area contributed by atoms with Crippen molar-refractivity contribution in [2.45, 2.75) is 51.2 Å². The van der Waals surface area contributed by atoms with Crippen LogP contribution < -0.4 is 20.1 Å². The maximum atomic E-state index is 6.10. The molecule has 4 rings (SSSR count). The Labute approximate surface area is 184 Å². The SMILES string of the molecule is CCN=C(Nc1ccc(OC)c(OC)c1)NC1C2CCOC2C12CCCC2.I. The molecule has 1 aliphatic heterocycles. The lowest BCUT2D eigenvalue weighted by atomic mass is 9.54. The molecule has 7 heteroatoms. The summed E-state index contributed by atoms with van der Waals surface area (Å²) in [6.45, 7) is 3.69. The lowest BCUT2D eigenvalue weighted by molar-refractivity contribution is -0.124. The molecule has 1 aromatic carbocycles. The van der Waals surface area contributed by atoms with Gasteiger partial charge < -0.3 is 24.8 Å². The zero-order valence-electron chi connectivity index (χ0n) is 17.0. The van der Waals surface area contributed by atoms with Crippen LogP contribution in [0, 0.1) is 11.3 Å². The fourth-order valence-corrected chi connectivity index (χ4v) is 5.38. The second-order valence-electron chi connectivity index (χ2n) is 7.82. The monoisotopic (exact) mass is 501 g/mol. The Bertz CT molecular complexity index is 706. The van der Waals surface area contributed by atoms with E-state index in [4.69, 9.17) is 14.2 Å². The zero-order valence-corrected chi connectivity index (χ0v) is 19.3. The van der Waals surface area contributed by atoms with Crippen molar-refractivity contribution in [2.75, 3.05) is 32.7 Å². The number of nitrogens with zero attached hydrogens (tertiary/aromatic N) is 1. The highest BCUT2D eigenvalue weighted by Gasteiger charge is 2.65. The van der Waals surface area contributed by atoms with E-state index in [1.54, 1.807) is 14.2 Å². The lowest BCUT2D eigenvalue weighted by Crippen LogP contribution is -2.68. The number of benzene rings is 1. The van der Waals surface area contributed by atoms with Crippen LogP contribution in [-0.2, 0) is 4.74 Å². The molecule has 2 aliphatic carbocycles. The van der Waals surface area contributed by atoms with Crippen molar-refractivity contribution < 1.29 is 14.2 Å². The fraction of sp³-hybridized carbons (Fsp3) is 0.667. The molecule has 2 saturated carbocycles. The molecule has 28 heavy (non-hydrogen) atoms. The van der Waals surface area contributed by atoms with Crippen LogP contribution in [0.1, 0.15) is 39.0 Å². The Morgan fingerprint density at radius 3 is 2.64 bits per heavy atom. The number of guanidine groups is 1.